The SMILES string of the molecule is Cn1nc(-c2ccccc2)c2c1CCN(c1nccs1)CC2. The maximum absolute atomic E-state index is 4.78. The van der Waals surface area contributed by atoms with Gasteiger partial charge in [0.2, 0.25) is 0 Å². The highest BCUT2D eigenvalue weighted by Crippen LogP contribution is 2.29. The van der Waals surface area contributed by atoms with E-state index in [0.29, 0.717) is 0 Å². The predicted octanol–water partition coefficient (Wildman–Crippen LogP) is 3.15. The summed E-state index contributed by atoms with van der Waals surface area (Å²) in [6, 6.07) is 10.5. The summed E-state index contributed by atoms with van der Waals surface area (Å²) < 4.78 is 2.06. The van der Waals surface area contributed by atoms with Crippen molar-refractivity contribution in [1.82, 2.24) is 14.8 Å². The number of aryl methyl sites for hydroxylation is 1. The summed E-state index contributed by atoms with van der Waals surface area (Å²) in [6.07, 6.45) is 3.92. The largest absolute Gasteiger partial charge is 0.347 e. The van der Waals surface area contributed by atoms with Crippen LogP contribution in [-0.4, -0.2) is 27.9 Å². The summed E-state index contributed by atoms with van der Waals surface area (Å²) in [5.74, 6) is 0. The molecule has 1 aromatic carbocycles. The molecule has 3 heterocycles. The molecule has 4 nitrogen and oxygen atoms in total. The summed E-state index contributed by atoms with van der Waals surface area (Å²) in [7, 11) is 2.06. The van der Waals surface area contributed by atoms with Gasteiger partial charge in [-0.3, -0.25) is 4.68 Å². The first kappa shape index (κ1) is 13.5. The average molecular weight is 310 g/mol. The zero-order valence-electron chi connectivity index (χ0n) is 12.6. The van der Waals surface area contributed by atoms with E-state index in [1.54, 1.807) is 11.3 Å². The maximum atomic E-state index is 4.78. The van der Waals surface area contributed by atoms with E-state index < -0.39 is 0 Å². The lowest BCUT2D eigenvalue weighted by molar-refractivity contribution is 0.699. The van der Waals surface area contributed by atoms with Crippen molar-refractivity contribution in [3.63, 3.8) is 0 Å². The zero-order chi connectivity index (χ0) is 14.9. The zero-order valence-corrected chi connectivity index (χ0v) is 13.4. The summed E-state index contributed by atoms with van der Waals surface area (Å²) in [4.78, 5) is 6.84. The second kappa shape index (κ2) is 5.57. The van der Waals surface area contributed by atoms with Crippen LogP contribution in [0.5, 0.6) is 0 Å². The van der Waals surface area contributed by atoms with Gasteiger partial charge in [-0.05, 0) is 6.42 Å². The first-order valence-corrected chi connectivity index (χ1v) is 8.45. The monoisotopic (exact) mass is 310 g/mol. The Balaban J connectivity index is 1.69. The first-order chi connectivity index (χ1) is 10.8. The van der Waals surface area contributed by atoms with E-state index in [-0.39, 0.29) is 0 Å². The van der Waals surface area contributed by atoms with Crippen LogP contribution in [0.25, 0.3) is 11.3 Å². The van der Waals surface area contributed by atoms with Gasteiger partial charge < -0.3 is 4.90 Å². The molecule has 0 aliphatic carbocycles. The molecule has 5 heteroatoms. The summed E-state index contributed by atoms with van der Waals surface area (Å²) in [5.41, 5.74) is 5.10. The molecule has 3 aromatic rings. The van der Waals surface area contributed by atoms with Gasteiger partial charge in [0.25, 0.3) is 0 Å². The first-order valence-electron chi connectivity index (χ1n) is 7.57. The van der Waals surface area contributed by atoms with Crippen molar-refractivity contribution in [2.75, 3.05) is 18.0 Å². The molecule has 4 rings (SSSR count). The fourth-order valence-electron chi connectivity index (χ4n) is 3.17. The third-order valence-corrected chi connectivity index (χ3v) is 5.09. The van der Waals surface area contributed by atoms with Crippen molar-refractivity contribution in [3.8, 4) is 11.3 Å². The Labute approximate surface area is 134 Å². The third-order valence-electron chi connectivity index (χ3n) is 4.26. The molecule has 0 N–H and O–H groups in total. The minimum absolute atomic E-state index is 1.01. The standard InChI is InChI=1S/C17H18N4S/c1-20-15-8-11-21(17-18-9-12-22-17)10-7-14(15)16(19-20)13-5-3-2-4-6-13/h2-6,9,12H,7-8,10-11H2,1H3. The molecule has 0 saturated heterocycles. The number of thiazole rings is 1. The Kier molecular flexibility index (Phi) is 3.42. The molecule has 0 amide bonds. The van der Waals surface area contributed by atoms with Gasteiger partial charge in [0.15, 0.2) is 5.13 Å². The molecular formula is C17H18N4S. The number of benzene rings is 1. The fourth-order valence-corrected chi connectivity index (χ4v) is 3.87. The number of anilines is 1. The van der Waals surface area contributed by atoms with E-state index in [2.05, 4.69) is 51.9 Å². The highest BCUT2D eigenvalue weighted by molar-refractivity contribution is 7.13. The molecule has 0 unspecified atom stereocenters. The van der Waals surface area contributed by atoms with Gasteiger partial charge in [-0.25, -0.2) is 4.98 Å². The Bertz CT molecular complexity index is 762. The molecule has 2 aromatic heterocycles. The Morgan fingerprint density at radius 2 is 1.91 bits per heavy atom. The lowest BCUT2D eigenvalue weighted by Crippen LogP contribution is -2.26. The predicted molar refractivity (Wildman–Crippen MR) is 90.4 cm³/mol. The highest BCUT2D eigenvalue weighted by Gasteiger charge is 2.22. The molecule has 1 aliphatic heterocycles. The van der Waals surface area contributed by atoms with Crippen LogP contribution < -0.4 is 4.90 Å². The Hall–Kier alpha value is -2.14. The van der Waals surface area contributed by atoms with Crippen molar-refractivity contribution >= 4 is 16.5 Å². The smallest absolute Gasteiger partial charge is 0.185 e. The van der Waals surface area contributed by atoms with E-state index in [9.17, 15) is 0 Å². The van der Waals surface area contributed by atoms with Gasteiger partial charge in [-0.2, -0.15) is 5.10 Å². The number of nitrogens with zero attached hydrogens (tertiary/aromatic N) is 4. The lowest BCUT2D eigenvalue weighted by Gasteiger charge is -2.18. The van der Waals surface area contributed by atoms with Crippen molar-refractivity contribution < 1.29 is 0 Å². The number of hydrogen-bond acceptors (Lipinski definition) is 4. The van der Waals surface area contributed by atoms with Crippen molar-refractivity contribution in [3.05, 3.63) is 53.2 Å². The van der Waals surface area contributed by atoms with Crippen LogP contribution in [0.3, 0.4) is 0 Å². The molecule has 112 valence electrons. The van der Waals surface area contributed by atoms with E-state index >= 15 is 0 Å². The minimum atomic E-state index is 1.01. The molecule has 0 radical (unpaired) electrons. The molecule has 0 spiro atoms. The van der Waals surface area contributed by atoms with E-state index in [0.717, 1.165) is 36.8 Å². The van der Waals surface area contributed by atoms with Crippen LogP contribution in [0, 0.1) is 0 Å². The maximum Gasteiger partial charge on any atom is 0.185 e. The van der Waals surface area contributed by atoms with Crippen LogP contribution in [0.2, 0.25) is 0 Å². The van der Waals surface area contributed by atoms with Crippen LogP contribution >= 0.6 is 11.3 Å². The lowest BCUT2D eigenvalue weighted by atomic mass is 10.0. The third kappa shape index (κ3) is 2.31. The van der Waals surface area contributed by atoms with Crippen molar-refractivity contribution in [1.29, 1.82) is 0 Å². The molecule has 0 fully saturated rings. The second-order valence-electron chi connectivity index (χ2n) is 5.57. The van der Waals surface area contributed by atoms with Gasteiger partial charge >= 0.3 is 0 Å². The van der Waals surface area contributed by atoms with Crippen molar-refractivity contribution in [2.24, 2.45) is 7.05 Å². The minimum Gasteiger partial charge on any atom is -0.347 e. The van der Waals surface area contributed by atoms with Gasteiger partial charge in [0.05, 0.1) is 5.69 Å². The van der Waals surface area contributed by atoms with Gasteiger partial charge in [-0.15, -0.1) is 11.3 Å². The Morgan fingerprint density at radius 1 is 1.09 bits per heavy atom. The van der Waals surface area contributed by atoms with E-state index in [1.165, 1.54) is 16.8 Å². The topological polar surface area (TPSA) is 34.0 Å². The Morgan fingerprint density at radius 3 is 2.68 bits per heavy atom. The number of hydrogen-bond donors (Lipinski definition) is 0. The summed E-state index contributed by atoms with van der Waals surface area (Å²) in [6.45, 7) is 2.01. The highest BCUT2D eigenvalue weighted by atomic mass is 32.1. The number of rotatable bonds is 2. The van der Waals surface area contributed by atoms with Crippen molar-refractivity contribution in [2.45, 2.75) is 12.8 Å². The molecule has 22 heavy (non-hydrogen) atoms. The number of fused-ring (bicyclic) bond motifs is 1. The van der Waals surface area contributed by atoms with E-state index in [4.69, 9.17) is 5.10 Å². The molecular weight excluding hydrogens is 292 g/mol. The summed E-state index contributed by atoms with van der Waals surface area (Å²) in [5, 5.41) is 7.95. The molecule has 1 aliphatic rings. The van der Waals surface area contributed by atoms with Crippen LogP contribution in [0.15, 0.2) is 41.9 Å². The van der Waals surface area contributed by atoms with Crippen LogP contribution in [0.4, 0.5) is 5.13 Å². The van der Waals surface area contributed by atoms with E-state index in [1.807, 2.05) is 11.6 Å². The van der Waals surface area contributed by atoms with Crippen LogP contribution in [-0.2, 0) is 19.9 Å². The summed E-state index contributed by atoms with van der Waals surface area (Å²) >= 11 is 1.72. The average Bonchev–Trinajstić information content (AvgIpc) is 3.12. The number of aromatic nitrogens is 3. The second-order valence-corrected chi connectivity index (χ2v) is 6.44. The van der Waals surface area contributed by atoms with Gasteiger partial charge in [0, 0.05) is 55.0 Å². The van der Waals surface area contributed by atoms with Crippen LogP contribution in [0.1, 0.15) is 11.3 Å². The normalized spacial score (nSPS) is 14.7. The fraction of sp³-hybridized carbons (Fsp3) is 0.294. The quantitative estimate of drug-likeness (QED) is 0.729. The van der Waals surface area contributed by atoms with Gasteiger partial charge in [-0.1, -0.05) is 30.3 Å². The van der Waals surface area contributed by atoms with Gasteiger partial charge in [0.1, 0.15) is 0 Å². The molecule has 0 saturated carbocycles. The molecule has 0 bridgehead atoms. The molecule has 0 atom stereocenters.